The first-order chi connectivity index (χ1) is 8.39. The molecule has 3 nitrogen and oxygen atoms in total. The Labute approximate surface area is 110 Å². The molecule has 0 bridgehead atoms. The van der Waals surface area contributed by atoms with Crippen molar-refractivity contribution < 1.29 is 4.79 Å². The Morgan fingerprint density at radius 1 is 1.22 bits per heavy atom. The van der Waals surface area contributed by atoms with E-state index in [1.165, 1.54) is 11.1 Å². The van der Waals surface area contributed by atoms with Crippen molar-refractivity contribution in [2.75, 3.05) is 6.54 Å². The number of hydrogen-bond acceptors (Lipinski definition) is 2. The summed E-state index contributed by atoms with van der Waals surface area (Å²) in [5, 5.41) is 3.31. The van der Waals surface area contributed by atoms with Gasteiger partial charge in [0.2, 0.25) is 5.91 Å². The van der Waals surface area contributed by atoms with Crippen LogP contribution < -0.4 is 11.1 Å². The highest BCUT2D eigenvalue weighted by atomic mass is 16.1. The summed E-state index contributed by atoms with van der Waals surface area (Å²) in [6, 6.07) is 8.67. The molecule has 0 aliphatic rings. The van der Waals surface area contributed by atoms with Crippen LogP contribution in [0.15, 0.2) is 24.3 Å². The first-order valence-corrected chi connectivity index (χ1v) is 6.48. The Kier molecular flexibility index (Phi) is 5.35. The summed E-state index contributed by atoms with van der Waals surface area (Å²) >= 11 is 0. The molecule has 0 unspecified atom stereocenters. The molecule has 1 aromatic rings. The zero-order valence-electron chi connectivity index (χ0n) is 11.6. The van der Waals surface area contributed by atoms with Crippen molar-refractivity contribution >= 4 is 5.91 Å². The van der Waals surface area contributed by atoms with Gasteiger partial charge in [0.05, 0.1) is 0 Å². The summed E-state index contributed by atoms with van der Waals surface area (Å²) in [6.07, 6.45) is 1.26. The highest BCUT2D eigenvalue weighted by Crippen LogP contribution is 2.22. The SMILES string of the molecule is CC(C)(C)c1ccc(CNCCCC(N)=O)cc1. The molecule has 1 rings (SSSR count). The number of primary amides is 1. The van der Waals surface area contributed by atoms with Crippen molar-refractivity contribution in [2.45, 2.75) is 45.6 Å². The van der Waals surface area contributed by atoms with E-state index in [9.17, 15) is 4.79 Å². The average Bonchev–Trinajstić information content (AvgIpc) is 2.27. The number of amides is 1. The molecule has 0 fully saturated rings. The molecule has 100 valence electrons. The van der Waals surface area contributed by atoms with Crippen molar-refractivity contribution in [3.63, 3.8) is 0 Å². The first-order valence-electron chi connectivity index (χ1n) is 6.48. The molecular weight excluding hydrogens is 224 g/mol. The normalized spacial score (nSPS) is 11.5. The fourth-order valence-corrected chi connectivity index (χ4v) is 1.74. The van der Waals surface area contributed by atoms with E-state index in [4.69, 9.17) is 5.73 Å². The molecule has 0 aliphatic carbocycles. The van der Waals surface area contributed by atoms with E-state index in [1.54, 1.807) is 0 Å². The number of rotatable bonds is 6. The van der Waals surface area contributed by atoms with E-state index in [2.05, 4.69) is 50.4 Å². The zero-order chi connectivity index (χ0) is 13.6. The molecule has 0 radical (unpaired) electrons. The van der Waals surface area contributed by atoms with Crippen LogP contribution in [-0.2, 0) is 16.8 Å². The fraction of sp³-hybridized carbons (Fsp3) is 0.533. The highest BCUT2D eigenvalue weighted by Gasteiger charge is 2.12. The van der Waals surface area contributed by atoms with Gasteiger partial charge in [-0.2, -0.15) is 0 Å². The van der Waals surface area contributed by atoms with Gasteiger partial charge >= 0.3 is 0 Å². The van der Waals surface area contributed by atoms with Crippen LogP contribution in [0.1, 0.15) is 44.7 Å². The summed E-state index contributed by atoms with van der Waals surface area (Å²) in [6.45, 7) is 8.30. The number of carbonyl (C=O) groups is 1. The van der Waals surface area contributed by atoms with Crippen LogP contribution >= 0.6 is 0 Å². The second-order valence-electron chi connectivity index (χ2n) is 5.69. The Hall–Kier alpha value is -1.35. The molecular formula is C15H24N2O. The van der Waals surface area contributed by atoms with Crippen LogP contribution in [0.3, 0.4) is 0 Å². The van der Waals surface area contributed by atoms with Gasteiger partial charge in [-0.05, 0) is 29.5 Å². The molecule has 18 heavy (non-hydrogen) atoms. The first kappa shape index (κ1) is 14.7. The van der Waals surface area contributed by atoms with Crippen molar-refractivity contribution in [2.24, 2.45) is 5.73 Å². The molecule has 0 aliphatic heterocycles. The third-order valence-corrected chi connectivity index (χ3v) is 2.93. The van der Waals surface area contributed by atoms with E-state index < -0.39 is 0 Å². The Morgan fingerprint density at radius 2 is 1.83 bits per heavy atom. The van der Waals surface area contributed by atoms with Gasteiger partial charge in [0, 0.05) is 13.0 Å². The molecule has 0 heterocycles. The summed E-state index contributed by atoms with van der Waals surface area (Å²) in [5.74, 6) is -0.230. The second kappa shape index (κ2) is 6.55. The standard InChI is InChI=1S/C15H24N2O/c1-15(2,3)13-8-6-12(7-9-13)11-17-10-4-5-14(16)18/h6-9,17H,4-5,10-11H2,1-3H3,(H2,16,18). The predicted octanol–water partition coefficient (Wildman–Crippen LogP) is 2.34. The van der Waals surface area contributed by atoms with Crippen LogP contribution in [0.2, 0.25) is 0 Å². The molecule has 1 amide bonds. The lowest BCUT2D eigenvalue weighted by molar-refractivity contribution is -0.118. The number of nitrogens with one attached hydrogen (secondary N) is 1. The molecule has 3 heteroatoms. The van der Waals surface area contributed by atoms with Crippen molar-refractivity contribution in [3.8, 4) is 0 Å². The third kappa shape index (κ3) is 5.32. The maximum atomic E-state index is 10.6. The van der Waals surface area contributed by atoms with E-state index in [0.717, 1.165) is 19.5 Å². The lowest BCUT2D eigenvalue weighted by atomic mass is 9.87. The topological polar surface area (TPSA) is 55.1 Å². The number of carbonyl (C=O) groups excluding carboxylic acids is 1. The molecule has 0 saturated heterocycles. The minimum atomic E-state index is -0.230. The second-order valence-corrected chi connectivity index (χ2v) is 5.69. The van der Waals surface area contributed by atoms with Crippen LogP contribution in [-0.4, -0.2) is 12.5 Å². The zero-order valence-corrected chi connectivity index (χ0v) is 11.6. The Balaban J connectivity index is 2.33. The minimum Gasteiger partial charge on any atom is -0.370 e. The van der Waals surface area contributed by atoms with Gasteiger partial charge in [-0.15, -0.1) is 0 Å². The Bertz CT molecular complexity index is 376. The summed E-state index contributed by atoms with van der Waals surface area (Å²) in [7, 11) is 0. The molecule has 3 N–H and O–H groups in total. The van der Waals surface area contributed by atoms with Gasteiger partial charge in [0.1, 0.15) is 0 Å². The highest BCUT2D eigenvalue weighted by molar-refractivity contribution is 5.73. The van der Waals surface area contributed by atoms with Crippen LogP contribution in [0, 0.1) is 0 Å². The van der Waals surface area contributed by atoms with Crippen molar-refractivity contribution in [3.05, 3.63) is 35.4 Å². The fourth-order valence-electron chi connectivity index (χ4n) is 1.74. The van der Waals surface area contributed by atoms with Gasteiger partial charge in [-0.1, -0.05) is 45.0 Å². The number of benzene rings is 1. The monoisotopic (exact) mass is 248 g/mol. The van der Waals surface area contributed by atoms with E-state index in [-0.39, 0.29) is 11.3 Å². The largest absolute Gasteiger partial charge is 0.370 e. The van der Waals surface area contributed by atoms with Crippen LogP contribution in [0.25, 0.3) is 0 Å². The quantitative estimate of drug-likeness (QED) is 0.759. The maximum Gasteiger partial charge on any atom is 0.217 e. The summed E-state index contributed by atoms with van der Waals surface area (Å²) < 4.78 is 0. The van der Waals surface area contributed by atoms with Crippen LogP contribution in [0.5, 0.6) is 0 Å². The van der Waals surface area contributed by atoms with Gasteiger partial charge in [0.25, 0.3) is 0 Å². The lowest BCUT2D eigenvalue weighted by Gasteiger charge is -2.19. The smallest absolute Gasteiger partial charge is 0.217 e. The van der Waals surface area contributed by atoms with Gasteiger partial charge < -0.3 is 11.1 Å². The molecule has 0 spiro atoms. The summed E-state index contributed by atoms with van der Waals surface area (Å²) in [4.78, 5) is 10.6. The maximum absolute atomic E-state index is 10.6. The van der Waals surface area contributed by atoms with E-state index in [0.29, 0.717) is 6.42 Å². The number of nitrogens with two attached hydrogens (primary N) is 1. The summed E-state index contributed by atoms with van der Waals surface area (Å²) in [5.41, 5.74) is 7.89. The van der Waals surface area contributed by atoms with Gasteiger partial charge in [-0.25, -0.2) is 0 Å². The van der Waals surface area contributed by atoms with Crippen molar-refractivity contribution in [1.29, 1.82) is 0 Å². The molecule has 1 aromatic carbocycles. The van der Waals surface area contributed by atoms with Gasteiger partial charge in [0.15, 0.2) is 0 Å². The number of hydrogen-bond donors (Lipinski definition) is 2. The van der Waals surface area contributed by atoms with E-state index >= 15 is 0 Å². The van der Waals surface area contributed by atoms with Crippen LogP contribution in [0.4, 0.5) is 0 Å². The molecule has 0 atom stereocenters. The third-order valence-electron chi connectivity index (χ3n) is 2.93. The van der Waals surface area contributed by atoms with E-state index in [1.807, 2.05) is 0 Å². The Morgan fingerprint density at radius 3 is 2.33 bits per heavy atom. The van der Waals surface area contributed by atoms with Gasteiger partial charge in [-0.3, -0.25) is 4.79 Å². The predicted molar refractivity (Wildman–Crippen MR) is 75.3 cm³/mol. The molecule has 0 saturated carbocycles. The minimum absolute atomic E-state index is 0.202. The molecule has 0 aromatic heterocycles. The average molecular weight is 248 g/mol. The lowest BCUT2D eigenvalue weighted by Crippen LogP contribution is -2.18. The van der Waals surface area contributed by atoms with Crippen molar-refractivity contribution in [1.82, 2.24) is 5.32 Å².